The number of hydrogen-bond donors (Lipinski definition) is 2. The second-order valence-corrected chi connectivity index (χ2v) is 6.02. The van der Waals surface area contributed by atoms with Crippen molar-refractivity contribution in [2.45, 2.75) is 38.8 Å². The van der Waals surface area contributed by atoms with Gasteiger partial charge in [-0.05, 0) is 31.1 Å². The first kappa shape index (κ1) is 16.1. The van der Waals surface area contributed by atoms with E-state index in [1.165, 1.54) is 5.56 Å². The molecule has 0 aliphatic heterocycles. The highest BCUT2D eigenvalue weighted by Gasteiger charge is 2.15. The fourth-order valence-electron chi connectivity index (χ4n) is 1.78. The molecule has 106 valence electrons. The van der Waals surface area contributed by atoms with Crippen molar-refractivity contribution < 1.29 is 4.79 Å². The van der Waals surface area contributed by atoms with E-state index in [9.17, 15) is 4.79 Å². The minimum atomic E-state index is -0.422. The van der Waals surface area contributed by atoms with E-state index >= 15 is 0 Å². The molecule has 1 rings (SSSR count). The smallest absolute Gasteiger partial charge is 0.237 e. The summed E-state index contributed by atoms with van der Waals surface area (Å²) in [6.45, 7) is 4.13. The standard InChI is InChI=1S/C15H24N2OS/c1-3-19-11-12(2)17-15(18)14(16)10-9-13-7-5-4-6-8-13/h4-8,12,14H,3,9-11,16H2,1-2H3,(H,17,18)/t12?,14-/m0/s1. The topological polar surface area (TPSA) is 55.1 Å². The molecule has 0 radical (unpaired) electrons. The van der Waals surface area contributed by atoms with Crippen LogP contribution in [0.1, 0.15) is 25.8 Å². The van der Waals surface area contributed by atoms with Crippen molar-refractivity contribution in [2.24, 2.45) is 5.73 Å². The Kier molecular flexibility index (Phi) is 7.60. The summed E-state index contributed by atoms with van der Waals surface area (Å²) in [5, 5.41) is 2.97. The van der Waals surface area contributed by atoms with Gasteiger partial charge in [-0.3, -0.25) is 4.79 Å². The van der Waals surface area contributed by atoms with Crippen LogP contribution in [0.3, 0.4) is 0 Å². The fourth-order valence-corrected chi connectivity index (χ4v) is 2.46. The lowest BCUT2D eigenvalue weighted by atomic mass is 10.1. The lowest BCUT2D eigenvalue weighted by molar-refractivity contribution is -0.122. The Morgan fingerprint density at radius 2 is 2.05 bits per heavy atom. The molecule has 3 N–H and O–H groups in total. The highest BCUT2D eigenvalue weighted by Crippen LogP contribution is 2.05. The van der Waals surface area contributed by atoms with Crippen LogP contribution in [0.2, 0.25) is 0 Å². The Balaban J connectivity index is 2.28. The summed E-state index contributed by atoms with van der Waals surface area (Å²) in [5.41, 5.74) is 7.15. The van der Waals surface area contributed by atoms with E-state index in [1.54, 1.807) is 0 Å². The molecule has 0 fully saturated rings. The van der Waals surface area contributed by atoms with Gasteiger partial charge in [0.05, 0.1) is 6.04 Å². The zero-order chi connectivity index (χ0) is 14.1. The van der Waals surface area contributed by atoms with Gasteiger partial charge in [0.1, 0.15) is 0 Å². The average molecular weight is 280 g/mol. The molecule has 0 heterocycles. The lowest BCUT2D eigenvalue weighted by Crippen LogP contribution is -2.45. The van der Waals surface area contributed by atoms with Crippen molar-refractivity contribution in [1.82, 2.24) is 5.32 Å². The predicted molar refractivity (Wildman–Crippen MR) is 83.3 cm³/mol. The van der Waals surface area contributed by atoms with Crippen molar-refractivity contribution in [3.63, 3.8) is 0 Å². The molecule has 2 atom stereocenters. The third kappa shape index (κ3) is 6.64. The number of benzene rings is 1. The normalized spacial score (nSPS) is 13.8. The van der Waals surface area contributed by atoms with E-state index in [2.05, 4.69) is 24.4 Å². The molecule has 0 bridgehead atoms. The molecule has 19 heavy (non-hydrogen) atoms. The summed E-state index contributed by atoms with van der Waals surface area (Å²) in [5.74, 6) is 1.97. The van der Waals surface area contributed by atoms with E-state index in [0.29, 0.717) is 6.42 Å². The van der Waals surface area contributed by atoms with Crippen molar-refractivity contribution in [1.29, 1.82) is 0 Å². The predicted octanol–water partition coefficient (Wildman–Crippen LogP) is 2.20. The molecule has 0 spiro atoms. The minimum absolute atomic E-state index is 0.0415. The van der Waals surface area contributed by atoms with Gasteiger partial charge in [0.2, 0.25) is 5.91 Å². The molecule has 0 saturated heterocycles. The third-order valence-corrected chi connectivity index (χ3v) is 4.03. The first-order chi connectivity index (χ1) is 9.13. The van der Waals surface area contributed by atoms with E-state index in [0.717, 1.165) is 17.9 Å². The maximum Gasteiger partial charge on any atom is 0.237 e. The Morgan fingerprint density at radius 1 is 1.37 bits per heavy atom. The van der Waals surface area contributed by atoms with Gasteiger partial charge in [0.15, 0.2) is 0 Å². The van der Waals surface area contributed by atoms with Crippen LogP contribution in [0.25, 0.3) is 0 Å². The summed E-state index contributed by atoms with van der Waals surface area (Å²) in [6.07, 6.45) is 1.52. The second kappa shape index (κ2) is 8.99. The van der Waals surface area contributed by atoms with Crippen LogP contribution in [0.4, 0.5) is 0 Å². The lowest BCUT2D eigenvalue weighted by Gasteiger charge is -2.17. The summed E-state index contributed by atoms with van der Waals surface area (Å²) in [7, 11) is 0. The first-order valence-electron chi connectivity index (χ1n) is 6.81. The van der Waals surface area contributed by atoms with Gasteiger partial charge in [-0.1, -0.05) is 37.3 Å². The minimum Gasteiger partial charge on any atom is -0.351 e. The van der Waals surface area contributed by atoms with Crippen LogP contribution in [0, 0.1) is 0 Å². The summed E-state index contributed by atoms with van der Waals surface area (Å²) < 4.78 is 0. The zero-order valence-electron chi connectivity index (χ0n) is 11.8. The van der Waals surface area contributed by atoms with Crippen LogP contribution >= 0.6 is 11.8 Å². The summed E-state index contributed by atoms with van der Waals surface area (Å²) in [4.78, 5) is 11.9. The second-order valence-electron chi connectivity index (χ2n) is 4.70. The molecule has 1 aromatic rings. The van der Waals surface area contributed by atoms with Gasteiger partial charge < -0.3 is 11.1 Å². The van der Waals surface area contributed by atoms with Crippen LogP contribution in [0.5, 0.6) is 0 Å². The number of thioether (sulfide) groups is 1. The van der Waals surface area contributed by atoms with Gasteiger partial charge in [0.25, 0.3) is 0 Å². The fraction of sp³-hybridized carbons (Fsp3) is 0.533. The number of carbonyl (C=O) groups is 1. The van der Waals surface area contributed by atoms with Gasteiger partial charge in [0, 0.05) is 11.8 Å². The Bertz CT molecular complexity index is 370. The Hall–Kier alpha value is -1.00. The van der Waals surface area contributed by atoms with E-state index < -0.39 is 6.04 Å². The molecular formula is C15H24N2OS. The average Bonchev–Trinajstić information content (AvgIpc) is 2.43. The largest absolute Gasteiger partial charge is 0.351 e. The quantitative estimate of drug-likeness (QED) is 0.767. The zero-order valence-corrected chi connectivity index (χ0v) is 12.6. The number of nitrogens with one attached hydrogen (secondary N) is 1. The Labute approximate surface area is 120 Å². The van der Waals surface area contributed by atoms with Crippen molar-refractivity contribution >= 4 is 17.7 Å². The highest BCUT2D eigenvalue weighted by molar-refractivity contribution is 7.99. The van der Waals surface area contributed by atoms with Crippen molar-refractivity contribution in [3.05, 3.63) is 35.9 Å². The van der Waals surface area contributed by atoms with Crippen LogP contribution < -0.4 is 11.1 Å². The molecule has 4 heteroatoms. The molecule has 0 aliphatic rings. The number of amides is 1. The van der Waals surface area contributed by atoms with Crippen LogP contribution in [0.15, 0.2) is 30.3 Å². The van der Waals surface area contributed by atoms with Crippen LogP contribution in [-0.4, -0.2) is 29.5 Å². The molecular weight excluding hydrogens is 256 g/mol. The summed E-state index contributed by atoms with van der Waals surface area (Å²) in [6, 6.07) is 9.88. The van der Waals surface area contributed by atoms with Gasteiger partial charge in [-0.25, -0.2) is 0 Å². The maximum absolute atomic E-state index is 11.9. The number of nitrogens with two attached hydrogens (primary N) is 1. The SMILES string of the molecule is CCSCC(C)NC(=O)[C@@H](N)CCc1ccccc1. The van der Waals surface area contributed by atoms with E-state index in [1.807, 2.05) is 36.9 Å². The van der Waals surface area contributed by atoms with Crippen molar-refractivity contribution in [2.75, 3.05) is 11.5 Å². The number of aryl methyl sites for hydroxylation is 1. The Morgan fingerprint density at radius 3 is 2.68 bits per heavy atom. The molecule has 0 aliphatic carbocycles. The maximum atomic E-state index is 11.9. The van der Waals surface area contributed by atoms with Gasteiger partial charge >= 0.3 is 0 Å². The monoisotopic (exact) mass is 280 g/mol. The summed E-state index contributed by atoms with van der Waals surface area (Å²) >= 11 is 1.82. The molecule has 0 saturated carbocycles. The first-order valence-corrected chi connectivity index (χ1v) is 7.96. The number of carbonyl (C=O) groups excluding carboxylic acids is 1. The highest BCUT2D eigenvalue weighted by atomic mass is 32.2. The van der Waals surface area contributed by atoms with Gasteiger partial charge in [-0.15, -0.1) is 0 Å². The molecule has 3 nitrogen and oxygen atoms in total. The van der Waals surface area contributed by atoms with Crippen molar-refractivity contribution in [3.8, 4) is 0 Å². The molecule has 0 aromatic heterocycles. The van der Waals surface area contributed by atoms with E-state index in [-0.39, 0.29) is 11.9 Å². The molecule has 1 aromatic carbocycles. The number of rotatable bonds is 8. The third-order valence-electron chi connectivity index (χ3n) is 2.88. The molecule has 1 unspecified atom stereocenters. The molecule has 1 amide bonds. The number of hydrogen-bond acceptors (Lipinski definition) is 3. The van der Waals surface area contributed by atoms with Gasteiger partial charge in [-0.2, -0.15) is 11.8 Å². The van der Waals surface area contributed by atoms with E-state index in [4.69, 9.17) is 5.73 Å². The van der Waals surface area contributed by atoms with Crippen LogP contribution in [-0.2, 0) is 11.2 Å².